The summed E-state index contributed by atoms with van der Waals surface area (Å²) in [6, 6.07) is 0.466. The molecule has 2 N–H and O–H groups in total. The molecule has 1 saturated carbocycles. The molecular formula is C12H22N2O2. The Morgan fingerprint density at radius 2 is 2.06 bits per heavy atom. The molecule has 2 aliphatic rings. The smallest absolute Gasteiger partial charge is 0.243 e. The topological polar surface area (TPSA) is 52.6 Å². The Morgan fingerprint density at radius 1 is 1.44 bits per heavy atom. The van der Waals surface area contributed by atoms with Gasteiger partial charge in [-0.2, -0.15) is 0 Å². The fourth-order valence-electron chi connectivity index (χ4n) is 2.65. The van der Waals surface area contributed by atoms with E-state index in [0.717, 1.165) is 18.8 Å². The lowest BCUT2D eigenvalue weighted by Gasteiger charge is -2.33. The summed E-state index contributed by atoms with van der Waals surface area (Å²) in [7, 11) is 0. The minimum Gasteiger partial charge on any atom is -0.395 e. The number of aliphatic hydroxyl groups excluding tert-OH is 1. The number of nitrogens with zero attached hydrogens (tertiary/aromatic N) is 1. The molecule has 0 spiro atoms. The number of carbonyl (C=O) groups is 1. The van der Waals surface area contributed by atoms with E-state index in [4.69, 9.17) is 0 Å². The van der Waals surface area contributed by atoms with Crippen molar-refractivity contribution in [1.29, 1.82) is 0 Å². The maximum atomic E-state index is 11.7. The van der Waals surface area contributed by atoms with Crippen molar-refractivity contribution in [3.8, 4) is 0 Å². The highest BCUT2D eigenvalue weighted by atomic mass is 16.3. The molecule has 4 heteroatoms. The average Bonchev–Trinajstić information content (AvgIpc) is 2.57. The molecule has 1 amide bonds. The number of hydrazine groups is 1. The van der Waals surface area contributed by atoms with E-state index >= 15 is 0 Å². The highest BCUT2D eigenvalue weighted by molar-refractivity contribution is 5.84. The van der Waals surface area contributed by atoms with Crippen molar-refractivity contribution >= 4 is 5.91 Å². The van der Waals surface area contributed by atoms with E-state index in [1.54, 1.807) is 0 Å². The highest BCUT2D eigenvalue weighted by Gasteiger charge is 2.44. The van der Waals surface area contributed by atoms with Gasteiger partial charge in [-0.25, -0.2) is 5.01 Å². The summed E-state index contributed by atoms with van der Waals surface area (Å²) in [5.74, 6) is 0.785. The molecule has 2 fully saturated rings. The fraction of sp³-hybridized carbons (Fsp3) is 0.917. The summed E-state index contributed by atoms with van der Waals surface area (Å²) in [6.45, 7) is 4.68. The van der Waals surface area contributed by atoms with Gasteiger partial charge in [0, 0.05) is 12.6 Å². The van der Waals surface area contributed by atoms with Crippen molar-refractivity contribution in [2.24, 2.45) is 11.3 Å². The molecule has 1 aliphatic heterocycles. The normalized spacial score (nSPS) is 41.1. The zero-order valence-corrected chi connectivity index (χ0v) is 10.2. The van der Waals surface area contributed by atoms with Gasteiger partial charge in [0.1, 0.15) is 0 Å². The summed E-state index contributed by atoms with van der Waals surface area (Å²) < 4.78 is 0. The lowest BCUT2D eigenvalue weighted by molar-refractivity contribution is -0.129. The van der Waals surface area contributed by atoms with Gasteiger partial charge in [-0.15, -0.1) is 0 Å². The third-order valence-corrected chi connectivity index (χ3v) is 4.09. The van der Waals surface area contributed by atoms with Gasteiger partial charge < -0.3 is 5.11 Å². The standard InChI is InChI=1S/C12H22N2O2/c1-9-3-5-10(6-4-9)14-7-12(2,8-15)11(16)13-14/h9-10,15H,3-8H2,1-2H3,(H,13,16). The molecule has 0 bridgehead atoms. The lowest BCUT2D eigenvalue weighted by atomic mass is 9.86. The van der Waals surface area contributed by atoms with Crippen molar-refractivity contribution in [1.82, 2.24) is 10.4 Å². The minimum atomic E-state index is -0.608. The van der Waals surface area contributed by atoms with Crippen LogP contribution < -0.4 is 5.43 Å². The van der Waals surface area contributed by atoms with Gasteiger partial charge in [-0.3, -0.25) is 10.2 Å². The number of aliphatic hydroxyl groups is 1. The van der Waals surface area contributed by atoms with Crippen LogP contribution >= 0.6 is 0 Å². The van der Waals surface area contributed by atoms with Gasteiger partial charge in [0.05, 0.1) is 12.0 Å². The van der Waals surface area contributed by atoms with E-state index in [1.807, 2.05) is 11.9 Å². The molecule has 0 radical (unpaired) electrons. The lowest BCUT2D eigenvalue weighted by Crippen LogP contribution is -2.43. The first-order valence-corrected chi connectivity index (χ1v) is 6.24. The van der Waals surface area contributed by atoms with E-state index in [2.05, 4.69) is 12.3 Å². The van der Waals surface area contributed by atoms with Crippen LogP contribution in [0.4, 0.5) is 0 Å². The van der Waals surface area contributed by atoms with Crippen LogP contribution in [0.5, 0.6) is 0 Å². The van der Waals surface area contributed by atoms with Crippen molar-refractivity contribution < 1.29 is 9.90 Å². The van der Waals surface area contributed by atoms with E-state index in [1.165, 1.54) is 12.8 Å². The summed E-state index contributed by atoms with van der Waals surface area (Å²) in [6.07, 6.45) is 4.80. The number of rotatable bonds is 2. The van der Waals surface area contributed by atoms with Crippen LogP contribution in [0.1, 0.15) is 39.5 Å². The molecule has 16 heavy (non-hydrogen) atoms. The molecule has 1 atom stereocenters. The predicted molar refractivity (Wildman–Crippen MR) is 61.5 cm³/mol. The second-order valence-corrected chi connectivity index (χ2v) is 5.70. The largest absolute Gasteiger partial charge is 0.395 e. The molecule has 1 aliphatic carbocycles. The third-order valence-electron chi connectivity index (χ3n) is 4.09. The van der Waals surface area contributed by atoms with Gasteiger partial charge in [-0.05, 0) is 38.5 Å². The van der Waals surface area contributed by atoms with E-state index < -0.39 is 5.41 Å². The Morgan fingerprint density at radius 3 is 2.56 bits per heavy atom. The molecule has 0 aromatic carbocycles. The van der Waals surface area contributed by atoms with Crippen LogP contribution in [-0.2, 0) is 4.79 Å². The first-order valence-electron chi connectivity index (χ1n) is 6.24. The minimum absolute atomic E-state index is 0.0337. The van der Waals surface area contributed by atoms with Crippen LogP contribution in [-0.4, -0.2) is 35.2 Å². The number of carbonyl (C=O) groups excluding carboxylic acids is 1. The van der Waals surface area contributed by atoms with Crippen molar-refractivity contribution in [3.05, 3.63) is 0 Å². The predicted octanol–water partition coefficient (Wildman–Crippen LogP) is 0.910. The second-order valence-electron chi connectivity index (χ2n) is 5.70. The van der Waals surface area contributed by atoms with Crippen LogP contribution in [0.15, 0.2) is 0 Å². The highest BCUT2D eigenvalue weighted by Crippen LogP contribution is 2.31. The Bertz CT molecular complexity index is 274. The zero-order valence-electron chi connectivity index (χ0n) is 10.2. The van der Waals surface area contributed by atoms with Gasteiger partial charge in [-0.1, -0.05) is 6.92 Å². The van der Waals surface area contributed by atoms with Crippen LogP contribution in [0, 0.1) is 11.3 Å². The summed E-state index contributed by atoms with van der Waals surface area (Å²) in [4.78, 5) is 11.7. The number of nitrogens with one attached hydrogen (secondary N) is 1. The Hall–Kier alpha value is -0.610. The summed E-state index contributed by atoms with van der Waals surface area (Å²) >= 11 is 0. The average molecular weight is 226 g/mol. The maximum Gasteiger partial charge on any atom is 0.243 e. The van der Waals surface area contributed by atoms with E-state index in [0.29, 0.717) is 12.6 Å². The Kier molecular flexibility index (Phi) is 3.22. The monoisotopic (exact) mass is 226 g/mol. The number of hydrogen-bond acceptors (Lipinski definition) is 3. The molecule has 4 nitrogen and oxygen atoms in total. The Labute approximate surface area is 97.0 Å². The van der Waals surface area contributed by atoms with Gasteiger partial charge in [0.2, 0.25) is 5.91 Å². The Balaban J connectivity index is 1.95. The van der Waals surface area contributed by atoms with Crippen molar-refractivity contribution in [3.63, 3.8) is 0 Å². The number of hydrogen-bond donors (Lipinski definition) is 2. The fourth-order valence-corrected chi connectivity index (χ4v) is 2.65. The van der Waals surface area contributed by atoms with Gasteiger partial charge in [0.15, 0.2) is 0 Å². The molecule has 1 saturated heterocycles. The summed E-state index contributed by atoms with van der Waals surface area (Å²) in [5, 5.41) is 11.3. The van der Waals surface area contributed by atoms with E-state index in [-0.39, 0.29) is 12.5 Å². The van der Waals surface area contributed by atoms with Gasteiger partial charge >= 0.3 is 0 Å². The molecule has 2 rings (SSSR count). The second kappa shape index (κ2) is 4.34. The van der Waals surface area contributed by atoms with E-state index in [9.17, 15) is 9.90 Å². The molecular weight excluding hydrogens is 204 g/mol. The molecule has 1 heterocycles. The number of amides is 1. The molecule has 0 aromatic rings. The summed E-state index contributed by atoms with van der Waals surface area (Å²) in [5.41, 5.74) is 2.31. The zero-order chi connectivity index (χ0) is 11.8. The SMILES string of the molecule is CC1CCC(N2CC(C)(CO)C(=O)N2)CC1. The van der Waals surface area contributed by atoms with Gasteiger partial charge in [0.25, 0.3) is 0 Å². The molecule has 0 aromatic heterocycles. The third kappa shape index (κ3) is 2.09. The van der Waals surface area contributed by atoms with Crippen molar-refractivity contribution in [2.45, 2.75) is 45.6 Å². The van der Waals surface area contributed by atoms with Crippen molar-refractivity contribution in [2.75, 3.05) is 13.2 Å². The first kappa shape index (κ1) is 11.9. The van der Waals surface area contributed by atoms with Crippen LogP contribution in [0.25, 0.3) is 0 Å². The van der Waals surface area contributed by atoms with Crippen LogP contribution in [0.3, 0.4) is 0 Å². The first-order chi connectivity index (χ1) is 7.55. The molecule has 92 valence electrons. The molecule has 1 unspecified atom stereocenters. The maximum absolute atomic E-state index is 11.7. The quantitative estimate of drug-likeness (QED) is 0.736. The van der Waals surface area contributed by atoms with Crippen LogP contribution in [0.2, 0.25) is 0 Å².